The molecular formula is C20H22N2S. The Bertz CT molecular complexity index is 644. The van der Waals surface area contributed by atoms with E-state index >= 15 is 0 Å². The van der Waals surface area contributed by atoms with E-state index in [9.17, 15) is 5.26 Å². The largest absolute Gasteiger partial charge is 0.278 e. The third kappa shape index (κ3) is 5.92. The molecule has 0 amide bonds. The molecule has 0 fully saturated rings. The highest BCUT2D eigenvalue weighted by atomic mass is 32.2. The van der Waals surface area contributed by atoms with Crippen LogP contribution in [0.25, 0.3) is 0 Å². The predicted molar refractivity (Wildman–Crippen MR) is 100.0 cm³/mol. The average Bonchev–Trinajstić information content (AvgIpc) is 2.62. The van der Waals surface area contributed by atoms with Crippen LogP contribution in [0, 0.1) is 11.3 Å². The van der Waals surface area contributed by atoms with Crippen LogP contribution in [0.15, 0.2) is 65.7 Å². The van der Waals surface area contributed by atoms with Crippen molar-refractivity contribution in [3.63, 3.8) is 0 Å². The Morgan fingerprint density at radius 2 is 1.74 bits per heavy atom. The van der Waals surface area contributed by atoms with Gasteiger partial charge in [-0.2, -0.15) is 17.0 Å². The van der Waals surface area contributed by atoms with Gasteiger partial charge in [0.1, 0.15) is 11.8 Å². The quantitative estimate of drug-likeness (QED) is 0.636. The van der Waals surface area contributed by atoms with E-state index in [0.29, 0.717) is 23.9 Å². The Hall–Kier alpha value is -2.05. The van der Waals surface area contributed by atoms with E-state index in [4.69, 9.17) is 0 Å². The van der Waals surface area contributed by atoms with Crippen LogP contribution in [0.1, 0.15) is 29.7 Å². The van der Waals surface area contributed by atoms with Crippen LogP contribution in [-0.2, 0) is 6.42 Å². The van der Waals surface area contributed by atoms with Gasteiger partial charge in [-0.25, -0.2) is 0 Å². The van der Waals surface area contributed by atoms with Gasteiger partial charge < -0.3 is 0 Å². The van der Waals surface area contributed by atoms with Crippen molar-refractivity contribution >= 4 is 17.5 Å². The molecule has 0 radical (unpaired) electrons. The van der Waals surface area contributed by atoms with Crippen LogP contribution in [0.2, 0.25) is 0 Å². The maximum absolute atomic E-state index is 9.40. The van der Waals surface area contributed by atoms with Crippen LogP contribution >= 0.6 is 11.8 Å². The second kappa shape index (κ2) is 9.86. The zero-order chi connectivity index (χ0) is 16.3. The Kier molecular flexibility index (Phi) is 7.42. The molecule has 1 unspecified atom stereocenters. The fourth-order valence-corrected chi connectivity index (χ4v) is 3.46. The molecule has 0 saturated carbocycles. The molecule has 3 heteroatoms. The van der Waals surface area contributed by atoms with Gasteiger partial charge in [0.15, 0.2) is 0 Å². The van der Waals surface area contributed by atoms with E-state index in [1.54, 1.807) is 0 Å². The number of nitrogens with zero attached hydrogens (tertiary/aromatic N) is 2. The highest BCUT2D eigenvalue weighted by molar-refractivity contribution is 7.99. The summed E-state index contributed by atoms with van der Waals surface area (Å²) in [5.41, 5.74) is 3.18. The molecule has 0 N–H and O–H groups in total. The second-order valence-electron chi connectivity index (χ2n) is 5.23. The molecule has 0 aliphatic heterocycles. The Labute approximate surface area is 143 Å². The number of benzene rings is 2. The Balaban J connectivity index is 1.98. The van der Waals surface area contributed by atoms with Crippen molar-refractivity contribution in [2.75, 3.05) is 12.3 Å². The van der Waals surface area contributed by atoms with Gasteiger partial charge in [0.2, 0.25) is 0 Å². The summed E-state index contributed by atoms with van der Waals surface area (Å²) in [5, 5.41) is 9.70. The minimum atomic E-state index is 0.302. The fourth-order valence-electron chi connectivity index (χ4n) is 2.43. The molecule has 2 rings (SSSR count). The van der Waals surface area contributed by atoms with Crippen molar-refractivity contribution < 1.29 is 0 Å². The topological polar surface area (TPSA) is 36.1 Å². The lowest BCUT2D eigenvalue weighted by molar-refractivity contribution is 0.941. The molecule has 0 bridgehead atoms. The van der Waals surface area contributed by atoms with Crippen molar-refractivity contribution in [1.82, 2.24) is 0 Å². The van der Waals surface area contributed by atoms with Crippen LogP contribution in [-0.4, -0.2) is 18.0 Å². The van der Waals surface area contributed by atoms with Gasteiger partial charge in [0.25, 0.3) is 0 Å². The molecule has 0 aliphatic carbocycles. The summed E-state index contributed by atoms with van der Waals surface area (Å²) in [5.74, 6) is 1.03. The molecule has 0 aliphatic rings. The first-order valence-electron chi connectivity index (χ1n) is 7.97. The average molecular weight is 322 g/mol. The zero-order valence-electron chi connectivity index (χ0n) is 13.5. The van der Waals surface area contributed by atoms with Crippen LogP contribution in [0.5, 0.6) is 0 Å². The third-order valence-corrected chi connectivity index (χ3v) is 4.77. The smallest absolute Gasteiger partial charge is 0.114 e. The van der Waals surface area contributed by atoms with Gasteiger partial charge in [0, 0.05) is 18.2 Å². The summed E-state index contributed by atoms with van der Waals surface area (Å²) in [6.07, 6.45) is 1.58. The monoisotopic (exact) mass is 322 g/mol. The molecule has 0 saturated heterocycles. The maximum atomic E-state index is 9.40. The molecule has 1 atom stereocenters. The van der Waals surface area contributed by atoms with E-state index in [0.717, 1.165) is 12.2 Å². The van der Waals surface area contributed by atoms with E-state index in [1.165, 1.54) is 11.1 Å². The molecule has 23 heavy (non-hydrogen) atoms. The summed E-state index contributed by atoms with van der Waals surface area (Å²) in [7, 11) is 0. The van der Waals surface area contributed by atoms with Gasteiger partial charge >= 0.3 is 0 Å². The minimum Gasteiger partial charge on any atom is -0.278 e. The lowest BCUT2D eigenvalue weighted by atomic mass is 10.1. The Morgan fingerprint density at radius 3 is 2.35 bits per heavy atom. The van der Waals surface area contributed by atoms with Gasteiger partial charge in [-0.05, 0) is 23.3 Å². The predicted octanol–water partition coefficient (Wildman–Crippen LogP) is 5.08. The first-order valence-corrected chi connectivity index (χ1v) is 9.02. The third-order valence-electron chi connectivity index (χ3n) is 3.59. The van der Waals surface area contributed by atoms with E-state index in [-0.39, 0.29) is 0 Å². The number of aliphatic imine (C=N–C) groups is 1. The number of hydrogen-bond donors (Lipinski definition) is 0. The second-order valence-corrected chi connectivity index (χ2v) is 6.71. The van der Waals surface area contributed by atoms with Crippen LogP contribution in [0.4, 0.5) is 0 Å². The molecular weight excluding hydrogens is 300 g/mol. The normalized spacial score (nSPS) is 12.6. The molecule has 2 aromatic carbocycles. The summed E-state index contributed by atoms with van der Waals surface area (Å²) < 4.78 is 0. The maximum Gasteiger partial charge on any atom is 0.114 e. The summed E-state index contributed by atoms with van der Waals surface area (Å²) >= 11 is 1.87. The lowest BCUT2D eigenvalue weighted by Gasteiger charge is -2.15. The molecule has 0 spiro atoms. The van der Waals surface area contributed by atoms with Gasteiger partial charge in [-0.1, -0.05) is 67.6 Å². The zero-order valence-corrected chi connectivity index (χ0v) is 14.3. The molecule has 118 valence electrons. The Morgan fingerprint density at radius 1 is 1.09 bits per heavy atom. The van der Waals surface area contributed by atoms with Gasteiger partial charge in [0.05, 0.1) is 0 Å². The number of nitriles is 1. The highest BCUT2D eigenvalue weighted by Gasteiger charge is 2.14. The van der Waals surface area contributed by atoms with Crippen molar-refractivity contribution in [2.24, 2.45) is 4.99 Å². The highest BCUT2D eigenvalue weighted by Crippen LogP contribution is 2.32. The standard InChI is InChI=1S/C20H22N2S/c1-2-23-20(18-11-7-4-8-12-18)15-19(16-21)22-14-13-17-9-5-3-6-10-17/h3-12,20H,2,13-15H2,1H3. The molecule has 2 aromatic rings. The fraction of sp³-hybridized carbons (Fsp3) is 0.300. The minimum absolute atomic E-state index is 0.302. The first-order chi connectivity index (χ1) is 11.3. The lowest BCUT2D eigenvalue weighted by Crippen LogP contribution is -2.05. The van der Waals surface area contributed by atoms with Crippen molar-refractivity contribution in [3.8, 4) is 6.07 Å². The van der Waals surface area contributed by atoms with Gasteiger partial charge in [-0.15, -0.1) is 0 Å². The van der Waals surface area contributed by atoms with Gasteiger partial charge in [-0.3, -0.25) is 4.99 Å². The number of thioether (sulfide) groups is 1. The molecule has 2 nitrogen and oxygen atoms in total. The van der Waals surface area contributed by atoms with Crippen molar-refractivity contribution in [1.29, 1.82) is 5.26 Å². The van der Waals surface area contributed by atoms with E-state index < -0.39 is 0 Å². The SMILES string of the molecule is CCSC(CC(C#N)=NCCc1ccccc1)c1ccccc1. The summed E-state index contributed by atoms with van der Waals surface area (Å²) in [4.78, 5) is 4.53. The van der Waals surface area contributed by atoms with Crippen molar-refractivity contribution in [2.45, 2.75) is 25.0 Å². The van der Waals surface area contributed by atoms with E-state index in [2.05, 4.69) is 54.4 Å². The number of rotatable bonds is 8. The van der Waals surface area contributed by atoms with Crippen LogP contribution < -0.4 is 0 Å². The molecule has 0 heterocycles. The van der Waals surface area contributed by atoms with Crippen LogP contribution in [0.3, 0.4) is 0 Å². The van der Waals surface area contributed by atoms with Crippen molar-refractivity contribution in [3.05, 3.63) is 71.8 Å². The summed E-state index contributed by atoms with van der Waals surface area (Å²) in [6, 6.07) is 23.0. The molecule has 0 aromatic heterocycles. The first kappa shape index (κ1) is 17.3. The van der Waals surface area contributed by atoms with E-state index in [1.807, 2.05) is 36.0 Å². The number of hydrogen-bond acceptors (Lipinski definition) is 3. The summed E-state index contributed by atoms with van der Waals surface area (Å²) in [6.45, 7) is 2.82.